The molecule has 2 heteroatoms. The zero-order valence-corrected chi connectivity index (χ0v) is 11.1. The van der Waals surface area contributed by atoms with Gasteiger partial charge in [-0.2, -0.15) is 0 Å². The highest BCUT2D eigenvalue weighted by Gasteiger charge is 1.96. The Bertz CT molecular complexity index is 579. The van der Waals surface area contributed by atoms with E-state index in [1.165, 1.54) is 4.90 Å². The second-order valence-electron chi connectivity index (χ2n) is 3.97. The Morgan fingerprint density at radius 1 is 1.11 bits per heavy atom. The van der Waals surface area contributed by atoms with E-state index in [0.717, 1.165) is 22.6 Å². The van der Waals surface area contributed by atoms with Crippen LogP contribution in [0.4, 0.5) is 5.69 Å². The molecule has 0 aliphatic rings. The molecule has 0 radical (unpaired) electrons. The third-order valence-electron chi connectivity index (χ3n) is 2.56. The second-order valence-corrected chi connectivity index (χ2v) is 5.02. The molecule has 0 aliphatic heterocycles. The first-order chi connectivity index (χ1) is 8.75. The molecule has 0 aromatic heterocycles. The molecule has 90 valence electrons. The van der Waals surface area contributed by atoms with E-state index in [-0.39, 0.29) is 0 Å². The summed E-state index contributed by atoms with van der Waals surface area (Å²) in [4.78, 5) is 1.21. The molecule has 0 aliphatic carbocycles. The van der Waals surface area contributed by atoms with Crippen LogP contribution in [0.25, 0.3) is 0 Å². The van der Waals surface area contributed by atoms with Crippen molar-refractivity contribution >= 4 is 17.4 Å². The Kier molecular flexibility index (Phi) is 4.33. The molecular formula is C16H15NS. The minimum Gasteiger partial charge on any atom is -0.399 e. The Hall–Kier alpha value is -1.85. The predicted molar refractivity (Wildman–Crippen MR) is 79.6 cm³/mol. The summed E-state index contributed by atoms with van der Waals surface area (Å²) in [7, 11) is 0. The van der Waals surface area contributed by atoms with E-state index in [0.29, 0.717) is 0 Å². The van der Waals surface area contributed by atoms with E-state index >= 15 is 0 Å². The Balaban J connectivity index is 1.93. The van der Waals surface area contributed by atoms with Crippen molar-refractivity contribution in [3.05, 3.63) is 59.7 Å². The highest BCUT2D eigenvalue weighted by Crippen LogP contribution is 2.21. The molecule has 0 bridgehead atoms. The number of benzene rings is 2. The van der Waals surface area contributed by atoms with Gasteiger partial charge in [-0.15, -0.1) is 11.8 Å². The topological polar surface area (TPSA) is 26.0 Å². The first-order valence-corrected chi connectivity index (χ1v) is 6.77. The predicted octanol–water partition coefficient (Wildman–Crippen LogP) is 3.72. The van der Waals surface area contributed by atoms with Crippen LogP contribution in [0.1, 0.15) is 11.1 Å². The number of anilines is 1. The maximum absolute atomic E-state index is 5.78. The fourth-order valence-electron chi connectivity index (χ4n) is 1.52. The van der Waals surface area contributed by atoms with Crippen LogP contribution >= 0.6 is 11.8 Å². The average Bonchev–Trinajstić information content (AvgIpc) is 2.40. The summed E-state index contributed by atoms with van der Waals surface area (Å²) < 4.78 is 0. The summed E-state index contributed by atoms with van der Waals surface area (Å²) in [6.07, 6.45) is 0. The lowest BCUT2D eigenvalue weighted by Crippen LogP contribution is -1.88. The monoisotopic (exact) mass is 253 g/mol. The first kappa shape index (κ1) is 12.6. The van der Waals surface area contributed by atoms with Crippen LogP contribution in [0.15, 0.2) is 53.4 Å². The van der Waals surface area contributed by atoms with Gasteiger partial charge in [-0.05, 0) is 42.8 Å². The Morgan fingerprint density at radius 2 is 1.89 bits per heavy atom. The molecule has 2 rings (SSSR count). The highest BCUT2D eigenvalue weighted by atomic mass is 32.2. The molecule has 18 heavy (non-hydrogen) atoms. The van der Waals surface area contributed by atoms with Gasteiger partial charge in [0.05, 0.1) is 5.75 Å². The molecule has 2 aromatic carbocycles. The summed E-state index contributed by atoms with van der Waals surface area (Å²) in [5.74, 6) is 7.10. The van der Waals surface area contributed by atoms with Gasteiger partial charge in [0, 0.05) is 16.1 Å². The summed E-state index contributed by atoms with van der Waals surface area (Å²) in [6, 6.07) is 16.1. The van der Waals surface area contributed by atoms with Crippen LogP contribution < -0.4 is 5.73 Å². The number of aryl methyl sites for hydroxylation is 1. The van der Waals surface area contributed by atoms with E-state index in [1.54, 1.807) is 11.8 Å². The lowest BCUT2D eigenvalue weighted by Gasteiger charge is -2.02. The minimum atomic E-state index is 0.790. The molecule has 0 fully saturated rings. The normalized spacial score (nSPS) is 9.61. The molecule has 2 N–H and O–H groups in total. The molecule has 0 amide bonds. The number of nitrogen functional groups attached to an aromatic ring is 1. The molecule has 0 saturated carbocycles. The maximum Gasteiger partial charge on any atom is 0.0598 e. The standard InChI is InChI=1S/C16H15NS/c1-13-12-15(9-10-16(13)17)18-11-5-8-14-6-3-2-4-7-14/h2-4,6-7,9-10,12H,11,17H2,1H3. The number of hydrogen-bond acceptors (Lipinski definition) is 2. The van der Waals surface area contributed by atoms with E-state index in [1.807, 2.05) is 49.4 Å². The zero-order chi connectivity index (χ0) is 12.8. The van der Waals surface area contributed by atoms with Crippen LogP contribution in [0.5, 0.6) is 0 Å². The molecular weight excluding hydrogens is 238 g/mol. The van der Waals surface area contributed by atoms with Gasteiger partial charge in [-0.3, -0.25) is 0 Å². The molecule has 0 heterocycles. The first-order valence-electron chi connectivity index (χ1n) is 5.78. The molecule has 1 nitrogen and oxygen atoms in total. The molecule has 2 aromatic rings. The third-order valence-corrected chi connectivity index (χ3v) is 3.43. The zero-order valence-electron chi connectivity index (χ0n) is 10.3. The van der Waals surface area contributed by atoms with Gasteiger partial charge in [0.2, 0.25) is 0 Å². The van der Waals surface area contributed by atoms with Crippen molar-refractivity contribution < 1.29 is 0 Å². The van der Waals surface area contributed by atoms with Crippen LogP contribution in [-0.4, -0.2) is 5.75 Å². The number of nitrogens with two attached hydrogens (primary N) is 1. The lowest BCUT2D eigenvalue weighted by molar-refractivity contribution is 1.36. The van der Waals surface area contributed by atoms with E-state index in [9.17, 15) is 0 Å². The fourth-order valence-corrected chi connectivity index (χ4v) is 2.25. The van der Waals surface area contributed by atoms with Crippen LogP contribution in [-0.2, 0) is 0 Å². The van der Waals surface area contributed by atoms with Gasteiger partial charge >= 0.3 is 0 Å². The summed E-state index contributed by atoms with van der Waals surface area (Å²) >= 11 is 1.73. The SMILES string of the molecule is Cc1cc(SCC#Cc2ccccc2)ccc1N. The molecule has 0 atom stereocenters. The van der Waals surface area contributed by atoms with E-state index in [4.69, 9.17) is 5.73 Å². The number of thioether (sulfide) groups is 1. The van der Waals surface area contributed by atoms with Crippen molar-refractivity contribution in [2.75, 3.05) is 11.5 Å². The minimum absolute atomic E-state index is 0.790. The van der Waals surface area contributed by atoms with Gasteiger partial charge in [0.1, 0.15) is 0 Å². The van der Waals surface area contributed by atoms with Crippen molar-refractivity contribution in [2.45, 2.75) is 11.8 Å². The quantitative estimate of drug-likeness (QED) is 0.501. The summed E-state index contributed by atoms with van der Waals surface area (Å²) in [5, 5.41) is 0. The van der Waals surface area contributed by atoms with Crippen molar-refractivity contribution in [3.8, 4) is 11.8 Å². The second kappa shape index (κ2) is 6.18. The van der Waals surface area contributed by atoms with Crippen molar-refractivity contribution in [1.29, 1.82) is 0 Å². The largest absolute Gasteiger partial charge is 0.399 e. The summed E-state index contributed by atoms with van der Waals surface area (Å²) in [5.41, 5.74) is 8.81. The van der Waals surface area contributed by atoms with Crippen LogP contribution in [0.3, 0.4) is 0 Å². The van der Waals surface area contributed by atoms with E-state index in [2.05, 4.69) is 17.9 Å². The molecule has 0 saturated heterocycles. The van der Waals surface area contributed by atoms with E-state index < -0.39 is 0 Å². The number of rotatable bonds is 2. The number of hydrogen-bond donors (Lipinski definition) is 1. The van der Waals surface area contributed by atoms with Crippen LogP contribution in [0, 0.1) is 18.8 Å². The van der Waals surface area contributed by atoms with Gasteiger partial charge in [0.15, 0.2) is 0 Å². The average molecular weight is 253 g/mol. The fraction of sp³-hybridized carbons (Fsp3) is 0.125. The smallest absolute Gasteiger partial charge is 0.0598 e. The molecule has 0 spiro atoms. The van der Waals surface area contributed by atoms with Gasteiger partial charge < -0.3 is 5.73 Å². The van der Waals surface area contributed by atoms with Gasteiger partial charge in [0.25, 0.3) is 0 Å². The van der Waals surface area contributed by atoms with Crippen LogP contribution in [0.2, 0.25) is 0 Å². The van der Waals surface area contributed by atoms with Gasteiger partial charge in [-0.25, -0.2) is 0 Å². The Morgan fingerprint density at radius 3 is 2.61 bits per heavy atom. The third kappa shape index (κ3) is 3.58. The maximum atomic E-state index is 5.78. The molecule has 0 unspecified atom stereocenters. The van der Waals surface area contributed by atoms with Gasteiger partial charge in [-0.1, -0.05) is 30.0 Å². The summed E-state index contributed by atoms with van der Waals surface area (Å²) in [6.45, 7) is 2.02. The van der Waals surface area contributed by atoms with Crippen molar-refractivity contribution in [3.63, 3.8) is 0 Å². The Labute approximate surface area is 112 Å². The lowest BCUT2D eigenvalue weighted by atomic mass is 10.2. The van der Waals surface area contributed by atoms with Crippen molar-refractivity contribution in [2.24, 2.45) is 0 Å². The highest BCUT2D eigenvalue weighted by molar-refractivity contribution is 7.99. The van der Waals surface area contributed by atoms with Crippen molar-refractivity contribution in [1.82, 2.24) is 0 Å².